The average molecular weight is 252 g/mol. The molecule has 0 aliphatic carbocycles. The normalized spacial score (nSPS) is 12.6. The summed E-state index contributed by atoms with van der Waals surface area (Å²) in [6.45, 7) is 2.00. The standard InChI is InChI=1S/C15H24OS/c1-2-17(16)14-10-5-3-4-7-11-15-12-8-6-9-13-15/h6,8-9,12-13H,2-5,7,10-11,14H2,1H3. The van der Waals surface area contributed by atoms with Crippen LogP contribution in [0.1, 0.15) is 44.6 Å². The van der Waals surface area contributed by atoms with E-state index in [4.69, 9.17) is 0 Å². The minimum atomic E-state index is -0.564. The Bertz CT molecular complexity index is 274. The van der Waals surface area contributed by atoms with Gasteiger partial charge in [-0.15, -0.1) is 0 Å². The van der Waals surface area contributed by atoms with Crippen LogP contribution in [0.25, 0.3) is 0 Å². The quantitative estimate of drug-likeness (QED) is 0.482. The van der Waals surface area contributed by atoms with Gasteiger partial charge in [-0.3, -0.25) is 0 Å². The summed E-state index contributed by atoms with van der Waals surface area (Å²) in [6, 6.07) is 10.7. The van der Waals surface area contributed by atoms with Gasteiger partial charge in [-0.25, -0.2) is 0 Å². The maximum Gasteiger partial charge on any atom is 0.105 e. The molecule has 1 rings (SSSR count). The molecule has 0 amide bonds. The second kappa shape index (κ2) is 9.55. The maximum atomic E-state index is 11.2. The van der Waals surface area contributed by atoms with E-state index in [1.165, 1.54) is 37.7 Å². The Balaban J connectivity index is 1.91. The Morgan fingerprint density at radius 3 is 2.29 bits per heavy atom. The lowest BCUT2D eigenvalue weighted by Crippen LogP contribution is -2.08. The number of benzene rings is 1. The van der Waals surface area contributed by atoms with Crippen molar-refractivity contribution in [3.63, 3.8) is 0 Å². The van der Waals surface area contributed by atoms with E-state index in [1.807, 2.05) is 6.92 Å². The highest BCUT2D eigenvalue weighted by Crippen LogP contribution is 2.09. The molecule has 17 heavy (non-hydrogen) atoms. The first-order chi connectivity index (χ1) is 8.33. The van der Waals surface area contributed by atoms with E-state index >= 15 is 0 Å². The monoisotopic (exact) mass is 252 g/mol. The molecule has 0 radical (unpaired) electrons. The molecule has 1 aromatic rings. The molecule has 0 aliphatic rings. The van der Waals surface area contributed by atoms with Crippen LogP contribution in [0.3, 0.4) is 0 Å². The zero-order chi connectivity index (χ0) is 12.3. The van der Waals surface area contributed by atoms with E-state index < -0.39 is 11.2 Å². The van der Waals surface area contributed by atoms with E-state index in [2.05, 4.69) is 30.3 Å². The largest absolute Gasteiger partial charge is 0.616 e. The molecule has 96 valence electrons. The molecule has 1 aromatic carbocycles. The topological polar surface area (TPSA) is 23.1 Å². The van der Waals surface area contributed by atoms with Gasteiger partial charge in [0, 0.05) is 0 Å². The summed E-state index contributed by atoms with van der Waals surface area (Å²) in [5, 5.41) is 0. The Morgan fingerprint density at radius 2 is 1.59 bits per heavy atom. The van der Waals surface area contributed by atoms with Crippen molar-refractivity contribution in [1.82, 2.24) is 0 Å². The van der Waals surface area contributed by atoms with Gasteiger partial charge in [0.25, 0.3) is 0 Å². The molecule has 1 nitrogen and oxygen atoms in total. The molecular formula is C15H24OS. The van der Waals surface area contributed by atoms with Gasteiger partial charge in [0.1, 0.15) is 11.5 Å². The van der Waals surface area contributed by atoms with E-state index in [0.29, 0.717) is 0 Å². The number of hydrogen-bond acceptors (Lipinski definition) is 1. The molecule has 0 heterocycles. The lowest BCUT2D eigenvalue weighted by atomic mass is 10.1. The first-order valence-electron chi connectivity index (χ1n) is 6.72. The van der Waals surface area contributed by atoms with Crippen molar-refractivity contribution in [3.05, 3.63) is 35.9 Å². The van der Waals surface area contributed by atoms with E-state index in [9.17, 15) is 4.55 Å². The third-order valence-corrected chi connectivity index (χ3v) is 4.39. The summed E-state index contributed by atoms with van der Waals surface area (Å²) >= 11 is -0.564. The fraction of sp³-hybridized carbons (Fsp3) is 0.600. The van der Waals surface area contributed by atoms with Crippen molar-refractivity contribution >= 4 is 11.2 Å². The van der Waals surface area contributed by atoms with Crippen LogP contribution in [-0.4, -0.2) is 16.1 Å². The second-order valence-electron chi connectivity index (χ2n) is 4.44. The third kappa shape index (κ3) is 7.45. The zero-order valence-electron chi connectivity index (χ0n) is 10.9. The lowest BCUT2D eigenvalue weighted by molar-refractivity contribution is 0.585. The SMILES string of the molecule is CC[S+]([O-])CCCCCCCc1ccccc1. The van der Waals surface area contributed by atoms with Crippen LogP contribution in [-0.2, 0) is 17.6 Å². The molecule has 0 spiro atoms. The van der Waals surface area contributed by atoms with Crippen LogP contribution >= 0.6 is 0 Å². The zero-order valence-corrected chi connectivity index (χ0v) is 11.7. The molecule has 1 atom stereocenters. The van der Waals surface area contributed by atoms with E-state index in [0.717, 1.165) is 17.9 Å². The molecule has 0 fully saturated rings. The number of rotatable bonds is 9. The van der Waals surface area contributed by atoms with Gasteiger partial charge in [-0.05, 0) is 38.2 Å². The predicted octanol–water partition coefficient (Wildman–Crippen LogP) is 3.95. The van der Waals surface area contributed by atoms with Crippen molar-refractivity contribution in [2.24, 2.45) is 0 Å². The summed E-state index contributed by atoms with van der Waals surface area (Å²) < 4.78 is 11.2. The minimum Gasteiger partial charge on any atom is -0.616 e. The van der Waals surface area contributed by atoms with Gasteiger partial charge >= 0.3 is 0 Å². The van der Waals surface area contributed by atoms with Gasteiger partial charge in [0.05, 0.1) is 0 Å². The molecule has 0 saturated heterocycles. The molecule has 0 saturated carbocycles. The molecule has 2 heteroatoms. The summed E-state index contributed by atoms with van der Waals surface area (Å²) in [5.41, 5.74) is 1.44. The van der Waals surface area contributed by atoms with E-state index in [1.54, 1.807) is 0 Å². The van der Waals surface area contributed by atoms with Gasteiger partial charge in [0.15, 0.2) is 0 Å². The van der Waals surface area contributed by atoms with Crippen molar-refractivity contribution in [2.75, 3.05) is 11.5 Å². The summed E-state index contributed by atoms with van der Waals surface area (Å²) in [6.07, 6.45) is 7.43. The molecule has 0 bridgehead atoms. The third-order valence-electron chi connectivity index (χ3n) is 3.00. The number of hydrogen-bond donors (Lipinski definition) is 0. The lowest BCUT2D eigenvalue weighted by Gasteiger charge is -2.07. The van der Waals surface area contributed by atoms with Crippen LogP contribution in [0.4, 0.5) is 0 Å². The fourth-order valence-corrected chi connectivity index (χ4v) is 2.73. The van der Waals surface area contributed by atoms with Crippen molar-refractivity contribution in [2.45, 2.75) is 45.4 Å². The first-order valence-corrected chi connectivity index (χ1v) is 8.20. The molecular weight excluding hydrogens is 228 g/mol. The van der Waals surface area contributed by atoms with Crippen LogP contribution in [0.5, 0.6) is 0 Å². The van der Waals surface area contributed by atoms with Gasteiger partial charge in [-0.2, -0.15) is 0 Å². The predicted molar refractivity (Wildman–Crippen MR) is 76.8 cm³/mol. The minimum absolute atomic E-state index is 0.564. The Hall–Kier alpha value is -0.470. The fourth-order valence-electron chi connectivity index (χ4n) is 1.91. The summed E-state index contributed by atoms with van der Waals surface area (Å²) in [4.78, 5) is 0. The summed E-state index contributed by atoms with van der Waals surface area (Å²) in [5.74, 6) is 1.71. The molecule has 0 N–H and O–H groups in total. The van der Waals surface area contributed by atoms with E-state index in [-0.39, 0.29) is 0 Å². The maximum absolute atomic E-state index is 11.2. The Kier molecular flexibility index (Phi) is 8.20. The van der Waals surface area contributed by atoms with Crippen molar-refractivity contribution < 1.29 is 4.55 Å². The Morgan fingerprint density at radius 1 is 0.941 bits per heavy atom. The second-order valence-corrected chi connectivity index (χ2v) is 6.30. The molecule has 0 aliphatic heterocycles. The van der Waals surface area contributed by atoms with Crippen molar-refractivity contribution in [3.8, 4) is 0 Å². The first kappa shape index (κ1) is 14.6. The Labute approximate surface area is 109 Å². The highest BCUT2D eigenvalue weighted by molar-refractivity contribution is 7.91. The van der Waals surface area contributed by atoms with Gasteiger partial charge in [0.2, 0.25) is 0 Å². The highest BCUT2D eigenvalue weighted by Gasteiger charge is 2.00. The van der Waals surface area contributed by atoms with Gasteiger partial charge in [-0.1, -0.05) is 54.3 Å². The molecule has 0 aromatic heterocycles. The highest BCUT2D eigenvalue weighted by atomic mass is 32.2. The van der Waals surface area contributed by atoms with Gasteiger partial charge < -0.3 is 4.55 Å². The van der Waals surface area contributed by atoms with Crippen LogP contribution in [0.15, 0.2) is 30.3 Å². The van der Waals surface area contributed by atoms with Crippen LogP contribution in [0, 0.1) is 0 Å². The van der Waals surface area contributed by atoms with Crippen molar-refractivity contribution in [1.29, 1.82) is 0 Å². The number of unbranched alkanes of at least 4 members (excludes halogenated alkanes) is 4. The molecule has 1 unspecified atom stereocenters. The smallest absolute Gasteiger partial charge is 0.105 e. The van der Waals surface area contributed by atoms with Crippen LogP contribution in [0.2, 0.25) is 0 Å². The summed E-state index contributed by atoms with van der Waals surface area (Å²) in [7, 11) is 0. The van der Waals surface area contributed by atoms with Crippen LogP contribution < -0.4 is 0 Å². The number of aryl methyl sites for hydroxylation is 1. The average Bonchev–Trinajstić information content (AvgIpc) is 2.38.